The number of rotatable bonds is 7. The van der Waals surface area contributed by atoms with Gasteiger partial charge >= 0.3 is 0 Å². The average molecular weight is 382 g/mol. The lowest BCUT2D eigenvalue weighted by Crippen LogP contribution is -2.45. The molecule has 7 heteroatoms. The van der Waals surface area contributed by atoms with Crippen LogP contribution in [0.25, 0.3) is 0 Å². The molecule has 1 aromatic carbocycles. The molecule has 24 heavy (non-hydrogen) atoms. The summed E-state index contributed by atoms with van der Waals surface area (Å²) in [5.41, 5.74) is 0.918. The van der Waals surface area contributed by atoms with Crippen LogP contribution < -0.4 is 0 Å². The molecule has 0 atom stereocenters. The Morgan fingerprint density at radius 3 is 2.33 bits per heavy atom. The van der Waals surface area contributed by atoms with Gasteiger partial charge in [0, 0.05) is 12.1 Å². The van der Waals surface area contributed by atoms with Crippen LogP contribution in [-0.4, -0.2) is 38.0 Å². The number of aromatic nitrogens is 2. The first-order valence-electron chi connectivity index (χ1n) is 7.83. The van der Waals surface area contributed by atoms with E-state index in [1.807, 2.05) is 23.1 Å². The van der Waals surface area contributed by atoms with Crippen LogP contribution in [0.2, 0.25) is 0 Å². The maximum Gasteiger partial charge on any atom is 0.233 e. The van der Waals surface area contributed by atoms with Gasteiger partial charge in [0.2, 0.25) is 5.91 Å². The van der Waals surface area contributed by atoms with Gasteiger partial charge in [0.05, 0.1) is 5.75 Å². The third-order valence-electron chi connectivity index (χ3n) is 3.27. The molecular weight excluding hydrogens is 358 g/mol. The van der Waals surface area contributed by atoms with Crippen molar-refractivity contribution >= 4 is 40.8 Å². The predicted octanol–water partition coefficient (Wildman–Crippen LogP) is 4.57. The highest BCUT2D eigenvalue weighted by Gasteiger charge is 2.26. The van der Waals surface area contributed by atoms with Gasteiger partial charge in [-0.3, -0.25) is 4.79 Å². The van der Waals surface area contributed by atoms with Gasteiger partial charge in [0.25, 0.3) is 0 Å². The normalized spacial score (nSPS) is 11.5. The van der Waals surface area contributed by atoms with Gasteiger partial charge in [-0.1, -0.05) is 72.1 Å². The molecule has 0 N–H and O–H groups in total. The topological polar surface area (TPSA) is 46.1 Å². The van der Waals surface area contributed by atoms with E-state index in [0.29, 0.717) is 12.3 Å². The monoisotopic (exact) mass is 381 g/mol. The van der Waals surface area contributed by atoms with Crippen molar-refractivity contribution in [1.82, 2.24) is 15.1 Å². The van der Waals surface area contributed by atoms with E-state index < -0.39 is 0 Å². The van der Waals surface area contributed by atoms with Crippen molar-refractivity contribution in [2.75, 3.05) is 11.5 Å². The summed E-state index contributed by atoms with van der Waals surface area (Å²) >= 11 is 4.71. The summed E-state index contributed by atoms with van der Waals surface area (Å²) in [5, 5.41) is 8.28. The van der Waals surface area contributed by atoms with Crippen LogP contribution in [0.5, 0.6) is 0 Å². The third-order valence-corrected chi connectivity index (χ3v) is 6.33. The van der Waals surface area contributed by atoms with Crippen molar-refractivity contribution in [2.45, 2.75) is 48.5 Å². The van der Waals surface area contributed by atoms with E-state index in [0.717, 1.165) is 20.0 Å². The van der Waals surface area contributed by atoms with Gasteiger partial charge in [-0.25, -0.2) is 0 Å². The Bertz CT molecular complexity index is 653. The number of carbonyl (C=O) groups is 1. The number of hydrogen-bond donors (Lipinski definition) is 0. The average Bonchev–Trinajstić information content (AvgIpc) is 2.98. The second-order valence-electron chi connectivity index (χ2n) is 6.19. The summed E-state index contributed by atoms with van der Waals surface area (Å²) in [6.45, 7) is 8.92. The van der Waals surface area contributed by atoms with Crippen molar-refractivity contribution in [3.05, 3.63) is 35.9 Å². The van der Waals surface area contributed by atoms with Crippen molar-refractivity contribution < 1.29 is 4.79 Å². The lowest BCUT2D eigenvalue weighted by atomic mass is 10.0. The maximum absolute atomic E-state index is 12.8. The summed E-state index contributed by atoms with van der Waals surface area (Å²) < 4.78 is 1.82. The fourth-order valence-electron chi connectivity index (χ4n) is 2.10. The van der Waals surface area contributed by atoms with E-state index >= 15 is 0 Å². The van der Waals surface area contributed by atoms with E-state index in [1.54, 1.807) is 23.1 Å². The lowest BCUT2D eigenvalue weighted by molar-refractivity contribution is -0.133. The Morgan fingerprint density at radius 1 is 1.12 bits per heavy atom. The van der Waals surface area contributed by atoms with Crippen molar-refractivity contribution in [2.24, 2.45) is 0 Å². The minimum atomic E-state index is -0.224. The zero-order chi connectivity index (χ0) is 17.6. The molecule has 0 aliphatic rings. The van der Waals surface area contributed by atoms with Gasteiger partial charge in [-0.15, -0.1) is 10.2 Å². The van der Waals surface area contributed by atoms with Gasteiger partial charge in [-0.2, -0.15) is 0 Å². The summed E-state index contributed by atoms with van der Waals surface area (Å²) in [7, 11) is 0. The Hall–Kier alpha value is -1.05. The zero-order valence-corrected chi connectivity index (χ0v) is 16.9. The van der Waals surface area contributed by atoms with Crippen LogP contribution >= 0.6 is 34.9 Å². The molecule has 0 radical (unpaired) electrons. The molecule has 2 rings (SSSR count). The molecule has 0 aliphatic heterocycles. The molecule has 0 unspecified atom stereocenters. The molecule has 0 fully saturated rings. The predicted molar refractivity (Wildman–Crippen MR) is 104 cm³/mol. The first-order chi connectivity index (χ1) is 11.4. The van der Waals surface area contributed by atoms with Crippen molar-refractivity contribution in [3.63, 3.8) is 0 Å². The van der Waals surface area contributed by atoms with E-state index in [4.69, 9.17) is 0 Å². The molecular formula is C17H23N3OS3. The van der Waals surface area contributed by atoms with E-state index in [-0.39, 0.29) is 11.4 Å². The van der Waals surface area contributed by atoms with Gasteiger partial charge in [0.1, 0.15) is 0 Å². The fraction of sp³-hybridized carbons (Fsp3) is 0.471. The summed E-state index contributed by atoms with van der Waals surface area (Å²) in [5.74, 6) is 1.49. The molecule has 0 aliphatic carbocycles. The first-order valence-corrected chi connectivity index (χ1v) is 10.6. The standard InChI is InChI=1S/C17H23N3OS3/c1-5-22-15-18-19-16(24-15)23-12-14(21)20(17(2,3)4)11-13-9-7-6-8-10-13/h6-10H,5,11-12H2,1-4H3. The highest BCUT2D eigenvalue weighted by molar-refractivity contribution is 8.03. The number of amides is 1. The summed E-state index contributed by atoms with van der Waals surface area (Å²) in [6, 6.07) is 10.1. The smallest absolute Gasteiger partial charge is 0.233 e. The number of carbonyl (C=O) groups excluding carboxylic acids is 1. The number of hydrogen-bond acceptors (Lipinski definition) is 6. The minimum Gasteiger partial charge on any atom is -0.333 e. The molecule has 1 amide bonds. The highest BCUT2D eigenvalue weighted by Crippen LogP contribution is 2.29. The number of nitrogens with zero attached hydrogens (tertiary/aromatic N) is 3. The molecule has 2 aromatic rings. The van der Waals surface area contributed by atoms with E-state index in [1.165, 1.54) is 11.8 Å². The van der Waals surface area contributed by atoms with Crippen LogP contribution in [0.1, 0.15) is 33.3 Å². The molecule has 4 nitrogen and oxygen atoms in total. The molecule has 0 spiro atoms. The first kappa shape index (κ1) is 19.3. The van der Waals surface area contributed by atoms with Crippen LogP contribution in [0.3, 0.4) is 0 Å². The molecule has 1 aromatic heterocycles. The van der Waals surface area contributed by atoms with Crippen LogP contribution in [0.15, 0.2) is 39.0 Å². The Morgan fingerprint density at radius 2 is 1.75 bits per heavy atom. The molecule has 130 valence electrons. The van der Waals surface area contributed by atoms with Gasteiger partial charge in [-0.05, 0) is 32.1 Å². The minimum absolute atomic E-state index is 0.122. The van der Waals surface area contributed by atoms with Crippen molar-refractivity contribution in [3.8, 4) is 0 Å². The highest BCUT2D eigenvalue weighted by atomic mass is 32.2. The van der Waals surface area contributed by atoms with Gasteiger partial charge in [0.15, 0.2) is 8.68 Å². The summed E-state index contributed by atoms with van der Waals surface area (Å²) in [4.78, 5) is 14.7. The summed E-state index contributed by atoms with van der Waals surface area (Å²) in [6.07, 6.45) is 0. The molecule has 0 bridgehead atoms. The fourth-order valence-corrected chi connectivity index (χ4v) is 4.90. The zero-order valence-electron chi connectivity index (χ0n) is 14.5. The van der Waals surface area contributed by atoms with E-state index in [9.17, 15) is 4.79 Å². The number of benzene rings is 1. The molecule has 0 saturated carbocycles. The van der Waals surface area contributed by atoms with Crippen LogP contribution in [0.4, 0.5) is 0 Å². The molecule has 1 heterocycles. The van der Waals surface area contributed by atoms with Crippen LogP contribution in [-0.2, 0) is 11.3 Å². The Kier molecular flexibility index (Phi) is 7.13. The lowest BCUT2D eigenvalue weighted by Gasteiger charge is -2.36. The maximum atomic E-state index is 12.8. The molecule has 0 saturated heterocycles. The SMILES string of the molecule is CCSc1nnc(SCC(=O)N(Cc2ccccc2)C(C)(C)C)s1. The van der Waals surface area contributed by atoms with Gasteiger partial charge < -0.3 is 4.90 Å². The Balaban J connectivity index is 1.99. The quantitative estimate of drug-likeness (QED) is 0.658. The Labute approximate surface area is 156 Å². The second kappa shape index (κ2) is 8.87. The number of thioether (sulfide) groups is 2. The largest absolute Gasteiger partial charge is 0.333 e. The van der Waals surface area contributed by atoms with Crippen LogP contribution in [0, 0.1) is 0 Å². The third kappa shape index (κ3) is 5.79. The van der Waals surface area contributed by atoms with E-state index in [2.05, 4.69) is 50.0 Å². The second-order valence-corrected chi connectivity index (χ2v) is 9.90. The van der Waals surface area contributed by atoms with Crippen molar-refractivity contribution in [1.29, 1.82) is 0 Å².